The van der Waals surface area contributed by atoms with Gasteiger partial charge in [-0.2, -0.15) is 0 Å². The number of thiophene rings is 1. The number of sulfonamides is 1. The molecule has 1 saturated carbocycles. The minimum absolute atomic E-state index is 0.366. The summed E-state index contributed by atoms with van der Waals surface area (Å²) < 4.78 is 27.3. The first-order chi connectivity index (χ1) is 9.01. The Morgan fingerprint density at radius 2 is 2.21 bits per heavy atom. The highest BCUT2D eigenvalue weighted by Crippen LogP contribution is 2.23. The van der Waals surface area contributed by atoms with Crippen LogP contribution < -0.4 is 10.0 Å². The van der Waals surface area contributed by atoms with Gasteiger partial charge in [0, 0.05) is 19.1 Å². The number of hydrogen-bond donors (Lipinski definition) is 2. The highest BCUT2D eigenvalue weighted by Gasteiger charge is 2.21. The summed E-state index contributed by atoms with van der Waals surface area (Å²) in [7, 11) is -3.33. The number of nitrogens with one attached hydrogen (secondary N) is 2. The van der Waals surface area contributed by atoms with Crippen molar-refractivity contribution in [1.29, 1.82) is 0 Å². The monoisotopic (exact) mass is 302 g/mol. The molecular formula is C13H22N2O2S2. The Labute approximate surface area is 119 Å². The molecule has 0 amide bonds. The second-order valence-corrected chi connectivity index (χ2v) is 8.20. The highest BCUT2D eigenvalue weighted by molar-refractivity contribution is 7.91. The summed E-state index contributed by atoms with van der Waals surface area (Å²) >= 11 is 1.30. The maximum Gasteiger partial charge on any atom is 0.250 e. The standard InChI is InChI=1S/C13H22N2O2S2/c1-3-10(2)7-15-19(16,17)13-6-11(9-18-13)8-14-12-4-5-12/h6,9-10,12,14-15H,3-5,7-8H2,1-2H3. The van der Waals surface area contributed by atoms with Gasteiger partial charge in [-0.1, -0.05) is 20.3 Å². The molecule has 0 spiro atoms. The van der Waals surface area contributed by atoms with Crippen molar-refractivity contribution in [3.8, 4) is 0 Å². The third kappa shape index (κ3) is 4.56. The fourth-order valence-corrected chi connectivity index (χ4v) is 4.02. The van der Waals surface area contributed by atoms with Crippen molar-refractivity contribution in [2.45, 2.75) is 49.9 Å². The molecule has 0 aromatic carbocycles. The lowest BCUT2D eigenvalue weighted by Gasteiger charge is -2.09. The Hall–Kier alpha value is -0.430. The lowest BCUT2D eigenvalue weighted by atomic mass is 10.1. The summed E-state index contributed by atoms with van der Waals surface area (Å²) in [6, 6.07) is 2.42. The zero-order valence-electron chi connectivity index (χ0n) is 11.5. The lowest BCUT2D eigenvalue weighted by molar-refractivity contribution is 0.529. The number of hydrogen-bond acceptors (Lipinski definition) is 4. The first kappa shape index (κ1) is 15.0. The van der Waals surface area contributed by atoms with Crippen molar-refractivity contribution in [1.82, 2.24) is 10.0 Å². The molecular weight excluding hydrogens is 280 g/mol. The molecule has 1 aliphatic carbocycles. The minimum Gasteiger partial charge on any atom is -0.310 e. The molecule has 0 aliphatic heterocycles. The fourth-order valence-electron chi connectivity index (χ4n) is 1.60. The van der Waals surface area contributed by atoms with Gasteiger partial charge in [-0.3, -0.25) is 0 Å². The van der Waals surface area contributed by atoms with Gasteiger partial charge in [0.05, 0.1) is 0 Å². The largest absolute Gasteiger partial charge is 0.310 e. The molecule has 108 valence electrons. The van der Waals surface area contributed by atoms with E-state index < -0.39 is 10.0 Å². The molecule has 1 atom stereocenters. The Bertz CT molecular complexity index is 506. The van der Waals surface area contributed by atoms with Gasteiger partial charge in [0.25, 0.3) is 0 Å². The van der Waals surface area contributed by atoms with E-state index in [0.29, 0.717) is 22.7 Å². The van der Waals surface area contributed by atoms with Crippen LogP contribution in [0.3, 0.4) is 0 Å². The van der Waals surface area contributed by atoms with Gasteiger partial charge < -0.3 is 5.32 Å². The van der Waals surface area contributed by atoms with Crippen LogP contribution in [0.25, 0.3) is 0 Å². The van der Waals surface area contributed by atoms with Crippen LogP contribution in [0.4, 0.5) is 0 Å². The second-order valence-electron chi connectivity index (χ2n) is 5.29. The van der Waals surface area contributed by atoms with Crippen LogP contribution in [-0.4, -0.2) is 21.0 Å². The SMILES string of the molecule is CCC(C)CNS(=O)(=O)c1cc(CNC2CC2)cs1. The second kappa shape index (κ2) is 6.35. The number of rotatable bonds is 8. The molecule has 1 fully saturated rings. The molecule has 6 heteroatoms. The molecule has 1 aromatic rings. The molecule has 0 radical (unpaired) electrons. The van der Waals surface area contributed by atoms with Gasteiger partial charge >= 0.3 is 0 Å². The van der Waals surface area contributed by atoms with Crippen LogP contribution in [0.2, 0.25) is 0 Å². The first-order valence-corrected chi connectivity index (χ1v) is 9.18. The molecule has 1 aliphatic rings. The van der Waals surface area contributed by atoms with Crippen molar-refractivity contribution in [2.24, 2.45) is 5.92 Å². The van der Waals surface area contributed by atoms with Crippen molar-refractivity contribution in [3.05, 3.63) is 17.0 Å². The van der Waals surface area contributed by atoms with E-state index >= 15 is 0 Å². The topological polar surface area (TPSA) is 58.2 Å². The maximum atomic E-state index is 12.1. The van der Waals surface area contributed by atoms with Gasteiger partial charge in [-0.15, -0.1) is 11.3 Å². The molecule has 1 aromatic heterocycles. The van der Waals surface area contributed by atoms with Crippen molar-refractivity contribution >= 4 is 21.4 Å². The smallest absolute Gasteiger partial charge is 0.250 e. The summed E-state index contributed by atoms with van der Waals surface area (Å²) in [6.07, 6.45) is 3.46. The van der Waals surface area contributed by atoms with E-state index in [1.54, 1.807) is 6.07 Å². The van der Waals surface area contributed by atoms with Crippen LogP contribution in [0.5, 0.6) is 0 Å². The first-order valence-electron chi connectivity index (χ1n) is 6.81. The van der Waals surface area contributed by atoms with Crippen LogP contribution in [0.15, 0.2) is 15.7 Å². The lowest BCUT2D eigenvalue weighted by Crippen LogP contribution is -2.27. The molecule has 19 heavy (non-hydrogen) atoms. The van der Waals surface area contributed by atoms with E-state index in [1.807, 2.05) is 12.3 Å². The van der Waals surface area contributed by atoms with Gasteiger partial charge in [-0.05, 0) is 35.8 Å². The quantitative estimate of drug-likeness (QED) is 0.775. The average Bonchev–Trinajstić information content (AvgIpc) is 3.09. The Balaban J connectivity index is 1.91. The molecule has 2 rings (SSSR count). The Morgan fingerprint density at radius 3 is 2.84 bits per heavy atom. The zero-order chi connectivity index (χ0) is 13.9. The third-order valence-corrected chi connectivity index (χ3v) is 6.30. The zero-order valence-corrected chi connectivity index (χ0v) is 13.1. The van der Waals surface area contributed by atoms with Crippen molar-refractivity contribution in [3.63, 3.8) is 0 Å². The normalized spacial score (nSPS) is 17.6. The summed E-state index contributed by atoms with van der Waals surface area (Å²) in [5.41, 5.74) is 1.06. The maximum absolute atomic E-state index is 12.1. The van der Waals surface area contributed by atoms with Gasteiger partial charge in [0.2, 0.25) is 10.0 Å². The predicted molar refractivity (Wildman–Crippen MR) is 78.8 cm³/mol. The molecule has 0 bridgehead atoms. The van der Waals surface area contributed by atoms with Crippen LogP contribution >= 0.6 is 11.3 Å². The van der Waals surface area contributed by atoms with Crippen LogP contribution in [-0.2, 0) is 16.6 Å². The summed E-state index contributed by atoms with van der Waals surface area (Å²) in [6.45, 7) is 5.38. The highest BCUT2D eigenvalue weighted by atomic mass is 32.2. The Kier molecular flexibility index (Phi) is 5.00. The average molecular weight is 302 g/mol. The summed E-state index contributed by atoms with van der Waals surface area (Å²) in [5, 5.41) is 5.31. The van der Waals surface area contributed by atoms with E-state index in [4.69, 9.17) is 0 Å². The fraction of sp³-hybridized carbons (Fsp3) is 0.692. The van der Waals surface area contributed by atoms with E-state index in [-0.39, 0.29) is 0 Å². The van der Waals surface area contributed by atoms with Crippen molar-refractivity contribution < 1.29 is 8.42 Å². The van der Waals surface area contributed by atoms with E-state index in [9.17, 15) is 8.42 Å². The van der Waals surface area contributed by atoms with Crippen LogP contribution in [0.1, 0.15) is 38.7 Å². The van der Waals surface area contributed by atoms with E-state index in [2.05, 4.69) is 17.0 Å². The van der Waals surface area contributed by atoms with Crippen molar-refractivity contribution in [2.75, 3.05) is 6.54 Å². The summed E-state index contributed by atoms with van der Waals surface area (Å²) in [5.74, 6) is 0.366. The van der Waals surface area contributed by atoms with Gasteiger partial charge in [0.15, 0.2) is 0 Å². The predicted octanol–water partition coefficient (Wildman–Crippen LogP) is 2.32. The third-order valence-electron chi connectivity index (χ3n) is 3.39. The summed E-state index contributed by atoms with van der Waals surface area (Å²) in [4.78, 5) is 0. The molecule has 1 unspecified atom stereocenters. The van der Waals surface area contributed by atoms with Gasteiger partial charge in [0.1, 0.15) is 4.21 Å². The molecule has 4 nitrogen and oxygen atoms in total. The molecule has 1 heterocycles. The van der Waals surface area contributed by atoms with E-state index in [0.717, 1.165) is 18.5 Å². The Morgan fingerprint density at radius 1 is 1.47 bits per heavy atom. The van der Waals surface area contributed by atoms with Gasteiger partial charge in [-0.25, -0.2) is 13.1 Å². The van der Waals surface area contributed by atoms with Crippen LogP contribution in [0, 0.1) is 5.92 Å². The minimum atomic E-state index is -3.33. The molecule has 2 N–H and O–H groups in total. The van der Waals surface area contributed by atoms with E-state index in [1.165, 1.54) is 24.2 Å². The molecule has 0 saturated heterocycles.